The van der Waals surface area contributed by atoms with Gasteiger partial charge >= 0.3 is 19.8 Å². The standard InChI is InChI=1S/C73H130NO8P/c1-6-8-10-12-14-16-18-20-22-24-26-27-28-29-30-31-32-33-34-35-36-37-38-39-40-41-42-43-44-45-46-47-48-50-52-54-56-58-60-62-64-66-73(76)82-71(70-81-83(77,78)80-68-67-74(3,4)5)69-79-72(75)65-63-61-59-57-55-53-51-49-25-23-21-19-17-15-13-11-9-7-2/h8,10,14,16,20,22,26-27,29-30,32-33,35-36,38-39,71H,6-7,9,11-13,15,17-19,21,23-25,28,31,34,37,40-70H2,1-5H3/p+1/b10-8-,16-14-,22-20-,27-26-,30-29-,33-32-,36-35-,39-38-. The predicted molar refractivity (Wildman–Crippen MR) is 358 cm³/mol. The van der Waals surface area contributed by atoms with E-state index >= 15 is 0 Å². The minimum absolute atomic E-state index is 0.0315. The highest BCUT2D eigenvalue weighted by Crippen LogP contribution is 2.43. The SMILES string of the molecule is CC/C=C\C/C=C\C/C=C\C/C=C\C/C=C\C/C=C\C/C=C\C/C=C\CCCCCCCCCCCCCCCCCCC(=O)OC(COC(=O)CCCCCCCCCCCCCCCCCCCC)COP(=O)(O)OCC[N+](C)(C)C. The summed E-state index contributed by atoms with van der Waals surface area (Å²) < 4.78 is 34.7. The molecule has 0 aromatic carbocycles. The molecule has 0 rings (SSSR count). The number of carbonyl (C=O) groups excluding carboxylic acids is 2. The van der Waals surface area contributed by atoms with E-state index in [0.717, 1.165) is 83.5 Å². The monoisotopic (exact) mass is 1180 g/mol. The second-order valence-corrected chi connectivity index (χ2v) is 25.6. The molecule has 0 aromatic rings. The molecule has 0 aliphatic carbocycles. The molecule has 9 nitrogen and oxygen atoms in total. The van der Waals surface area contributed by atoms with Crippen molar-refractivity contribution in [3.8, 4) is 0 Å². The van der Waals surface area contributed by atoms with Gasteiger partial charge in [0.15, 0.2) is 6.10 Å². The number of phosphoric ester groups is 1. The second-order valence-electron chi connectivity index (χ2n) is 24.2. The van der Waals surface area contributed by atoms with Gasteiger partial charge in [0.1, 0.15) is 19.8 Å². The quantitative estimate of drug-likeness (QED) is 0.0211. The molecule has 83 heavy (non-hydrogen) atoms. The number of hydrogen-bond donors (Lipinski definition) is 1. The number of rotatable bonds is 63. The van der Waals surface area contributed by atoms with Gasteiger partial charge < -0.3 is 18.9 Å². The molecule has 0 saturated heterocycles. The Morgan fingerprint density at radius 2 is 0.687 bits per heavy atom. The van der Waals surface area contributed by atoms with Crippen LogP contribution in [0.2, 0.25) is 0 Å². The Labute approximate surface area is 513 Å². The van der Waals surface area contributed by atoms with E-state index in [9.17, 15) is 19.0 Å². The Balaban J connectivity index is 3.98. The second kappa shape index (κ2) is 63.4. The first kappa shape index (κ1) is 79.9. The zero-order valence-electron chi connectivity index (χ0n) is 54.7. The molecular weight excluding hydrogens is 1050 g/mol. The van der Waals surface area contributed by atoms with Crippen molar-refractivity contribution in [1.29, 1.82) is 0 Å². The average molecular weight is 1180 g/mol. The van der Waals surface area contributed by atoms with Crippen LogP contribution in [0.25, 0.3) is 0 Å². The number of quaternary nitrogens is 1. The summed E-state index contributed by atoms with van der Waals surface area (Å²) >= 11 is 0. The molecule has 1 N–H and O–H groups in total. The third kappa shape index (κ3) is 67.9. The lowest BCUT2D eigenvalue weighted by molar-refractivity contribution is -0.870. The van der Waals surface area contributed by atoms with Gasteiger partial charge in [0, 0.05) is 12.8 Å². The predicted octanol–water partition coefficient (Wildman–Crippen LogP) is 22.3. The van der Waals surface area contributed by atoms with Crippen molar-refractivity contribution in [3.05, 3.63) is 97.2 Å². The summed E-state index contributed by atoms with van der Waals surface area (Å²) in [6.07, 6.45) is 87.9. The molecule has 0 heterocycles. The highest BCUT2D eigenvalue weighted by atomic mass is 31.2. The molecule has 10 heteroatoms. The number of nitrogens with zero attached hydrogens (tertiary/aromatic N) is 1. The van der Waals surface area contributed by atoms with Gasteiger partial charge in [-0.05, 0) is 77.0 Å². The minimum Gasteiger partial charge on any atom is -0.462 e. The van der Waals surface area contributed by atoms with Gasteiger partial charge in [0.25, 0.3) is 0 Å². The van der Waals surface area contributed by atoms with Crippen LogP contribution in [0.1, 0.15) is 303 Å². The number of ether oxygens (including phenoxy) is 2. The van der Waals surface area contributed by atoms with Crippen molar-refractivity contribution in [2.24, 2.45) is 0 Å². The van der Waals surface area contributed by atoms with E-state index in [1.165, 1.54) is 186 Å². The molecule has 0 amide bonds. The van der Waals surface area contributed by atoms with Gasteiger partial charge in [-0.25, -0.2) is 4.57 Å². The van der Waals surface area contributed by atoms with Gasteiger partial charge in [0.2, 0.25) is 0 Å². The lowest BCUT2D eigenvalue weighted by Crippen LogP contribution is -2.37. The zero-order valence-corrected chi connectivity index (χ0v) is 55.6. The van der Waals surface area contributed by atoms with Crippen LogP contribution in [0.4, 0.5) is 0 Å². The average Bonchev–Trinajstić information content (AvgIpc) is 3.48. The number of carbonyl (C=O) groups is 2. The van der Waals surface area contributed by atoms with Crippen LogP contribution in [-0.4, -0.2) is 74.9 Å². The van der Waals surface area contributed by atoms with E-state index in [2.05, 4.69) is 111 Å². The van der Waals surface area contributed by atoms with Crippen molar-refractivity contribution < 1.29 is 42.1 Å². The Morgan fingerprint density at radius 1 is 0.386 bits per heavy atom. The molecule has 0 aliphatic heterocycles. The van der Waals surface area contributed by atoms with E-state index in [0.29, 0.717) is 23.9 Å². The maximum absolute atomic E-state index is 12.9. The molecule has 0 aromatic heterocycles. The summed E-state index contributed by atoms with van der Waals surface area (Å²) in [5.74, 6) is -0.785. The first-order valence-electron chi connectivity index (χ1n) is 34.5. The Morgan fingerprint density at radius 3 is 1.02 bits per heavy atom. The number of unbranched alkanes of at least 4 members (excludes halogenated alkanes) is 33. The molecule has 0 fully saturated rings. The fraction of sp³-hybridized carbons (Fsp3) is 0.753. The van der Waals surface area contributed by atoms with Crippen molar-refractivity contribution >= 4 is 19.8 Å². The summed E-state index contributed by atoms with van der Waals surface area (Å²) in [4.78, 5) is 35.8. The van der Waals surface area contributed by atoms with Gasteiger partial charge in [-0.3, -0.25) is 18.6 Å². The molecule has 0 saturated carbocycles. The van der Waals surface area contributed by atoms with Crippen LogP contribution in [0.5, 0.6) is 0 Å². The molecular formula is C73H131NO8P+. The number of likely N-dealkylation sites (N-methyl/N-ethyl adjacent to an activating group) is 1. The first-order valence-corrected chi connectivity index (χ1v) is 36.0. The summed E-state index contributed by atoms with van der Waals surface area (Å²) in [7, 11) is 1.48. The summed E-state index contributed by atoms with van der Waals surface area (Å²) in [5.41, 5.74) is 0. The summed E-state index contributed by atoms with van der Waals surface area (Å²) in [5, 5.41) is 0. The molecule has 2 unspecified atom stereocenters. The number of esters is 2. The smallest absolute Gasteiger partial charge is 0.462 e. The highest BCUT2D eigenvalue weighted by molar-refractivity contribution is 7.47. The summed E-state index contributed by atoms with van der Waals surface area (Å²) in [6.45, 7) is 4.36. The van der Waals surface area contributed by atoms with Crippen molar-refractivity contribution in [3.63, 3.8) is 0 Å². The van der Waals surface area contributed by atoms with Crippen LogP contribution in [-0.2, 0) is 32.7 Å². The first-order chi connectivity index (χ1) is 40.5. The fourth-order valence-corrected chi connectivity index (χ4v) is 10.4. The van der Waals surface area contributed by atoms with Crippen LogP contribution < -0.4 is 0 Å². The molecule has 0 bridgehead atoms. The van der Waals surface area contributed by atoms with Gasteiger partial charge in [0.05, 0.1) is 27.7 Å². The maximum Gasteiger partial charge on any atom is 0.472 e. The highest BCUT2D eigenvalue weighted by Gasteiger charge is 2.27. The summed E-state index contributed by atoms with van der Waals surface area (Å²) in [6, 6.07) is 0. The van der Waals surface area contributed by atoms with Gasteiger partial charge in [-0.1, -0.05) is 310 Å². The lowest BCUT2D eigenvalue weighted by atomic mass is 10.0. The number of allylic oxidation sites excluding steroid dienone is 16. The van der Waals surface area contributed by atoms with Crippen LogP contribution in [0, 0.1) is 0 Å². The van der Waals surface area contributed by atoms with E-state index < -0.39 is 26.5 Å². The van der Waals surface area contributed by atoms with Gasteiger partial charge in [-0.2, -0.15) is 0 Å². The largest absolute Gasteiger partial charge is 0.472 e. The Kier molecular flexibility index (Phi) is 61.1. The van der Waals surface area contributed by atoms with E-state index in [1.54, 1.807) is 0 Å². The molecule has 480 valence electrons. The fourth-order valence-electron chi connectivity index (χ4n) is 9.62. The number of phosphoric acid groups is 1. The van der Waals surface area contributed by atoms with Crippen molar-refractivity contribution in [2.45, 2.75) is 309 Å². The Bertz CT molecular complexity index is 1720. The van der Waals surface area contributed by atoms with Crippen LogP contribution in [0.3, 0.4) is 0 Å². The van der Waals surface area contributed by atoms with Crippen molar-refractivity contribution in [1.82, 2.24) is 0 Å². The van der Waals surface area contributed by atoms with Crippen LogP contribution in [0.15, 0.2) is 97.2 Å². The molecule has 0 aliphatic rings. The molecule has 2 atom stereocenters. The van der Waals surface area contributed by atoms with Gasteiger partial charge in [-0.15, -0.1) is 0 Å². The topological polar surface area (TPSA) is 108 Å². The zero-order chi connectivity index (χ0) is 60.5. The maximum atomic E-state index is 12.9. The molecule has 0 spiro atoms. The lowest BCUT2D eigenvalue weighted by Gasteiger charge is -2.24. The minimum atomic E-state index is -4.39. The molecule has 0 radical (unpaired) electrons. The third-order valence-corrected chi connectivity index (χ3v) is 15.9. The Hall–Kier alpha value is -3.07. The van der Waals surface area contributed by atoms with E-state index in [1.807, 2.05) is 21.1 Å². The van der Waals surface area contributed by atoms with E-state index in [4.69, 9.17) is 18.5 Å². The normalized spacial score (nSPS) is 13.8. The third-order valence-electron chi connectivity index (χ3n) is 14.9. The van der Waals surface area contributed by atoms with Crippen LogP contribution >= 0.6 is 7.82 Å². The number of hydrogen-bond acceptors (Lipinski definition) is 7. The van der Waals surface area contributed by atoms with Crippen molar-refractivity contribution in [2.75, 3.05) is 47.5 Å². The van der Waals surface area contributed by atoms with E-state index in [-0.39, 0.29) is 25.6 Å².